The molecule has 3 rings (SSSR count). The molecule has 0 spiro atoms. The van der Waals surface area contributed by atoms with Crippen molar-refractivity contribution in [2.45, 2.75) is 37.8 Å². The molecule has 2 amide bonds. The number of amides is 2. The molecule has 26 heavy (non-hydrogen) atoms. The number of halogens is 2. The summed E-state index contributed by atoms with van der Waals surface area (Å²) in [7, 11) is 5.60. The standard InChI is InChI=1S/C17H27N5O2.2ClH/c1-18-13-5-4-8-22(11-13)17(24)14-6-7-15(23)21(3)16(14)12-9-19-20(2)10-12;;/h9-10,13-14,16,18H,4-8,11H2,1-3H3;2*1H. The van der Waals surface area contributed by atoms with Crippen LogP contribution in [-0.4, -0.2) is 64.6 Å². The first kappa shape index (κ1) is 22.7. The molecule has 2 fully saturated rings. The molecule has 0 aliphatic carbocycles. The van der Waals surface area contributed by atoms with E-state index in [9.17, 15) is 9.59 Å². The molecule has 2 aliphatic rings. The number of rotatable bonds is 3. The first-order chi connectivity index (χ1) is 11.5. The van der Waals surface area contributed by atoms with Crippen molar-refractivity contribution in [2.75, 3.05) is 27.2 Å². The SMILES string of the molecule is CNC1CCCN(C(=O)C2CCC(=O)N(C)C2c2cnn(C)c2)C1.Cl.Cl. The highest BCUT2D eigenvalue weighted by Crippen LogP contribution is 2.37. The quantitative estimate of drug-likeness (QED) is 0.824. The van der Waals surface area contributed by atoms with Gasteiger partial charge in [-0.15, -0.1) is 24.8 Å². The number of carbonyl (C=O) groups is 2. The molecule has 3 atom stereocenters. The molecule has 1 N–H and O–H groups in total. The molecule has 0 saturated carbocycles. The van der Waals surface area contributed by atoms with Gasteiger partial charge >= 0.3 is 0 Å². The summed E-state index contributed by atoms with van der Waals surface area (Å²) in [5.41, 5.74) is 0.938. The number of nitrogens with zero attached hydrogens (tertiary/aromatic N) is 4. The van der Waals surface area contributed by atoms with Gasteiger partial charge in [-0.1, -0.05) is 0 Å². The normalized spacial score (nSPS) is 26.1. The minimum atomic E-state index is -0.220. The van der Waals surface area contributed by atoms with E-state index < -0.39 is 0 Å². The van der Waals surface area contributed by atoms with E-state index in [0.29, 0.717) is 18.9 Å². The Morgan fingerprint density at radius 2 is 2.00 bits per heavy atom. The van der Waals surface area contributed by atoms with Gasteiger partial charge in [-0.2, -0.15) is 5.10 Å². The van der Waals surface area contributed by atoms with E-state index in [1.54, 1.807) is 22.8 Å². The summed E-state index contributed by atoms with van der Waals surface area (Å²) in [6, 6.07) is 0.143. The predicted molar refractivity (Wildman–Crippen MR) is 105 cm³/mol. The van der Waals surface area contributed by atoms with Crippen molar-refractivity contribution >= 4 is 36.6 Å². The van der Waals surface area contributed by atoms with Crippen LogP contribution in [0.1, 0.15) is 37.3 Å². The number of aromatic nitrogens is 2. The fraction of sp³-hybridized carbons (Fsp3) is 0.706. The van der Waals surface area contributed by atoms with Gasteiger partial charge in [0.25, 0.3) is 0 Å². The fourth-order valence-electron chi connectivity index (χ4n) is 3.99. The number of hydrogen-bond donors (Lipinski definition) is 1. The molecule has 3 heterocycles. The first-order valence-corrected chi connectivity index (χ1v) is 8.71. The van der Waals surface area contributed by atoms with Gasteiger partial charge in [0.15, 0.2) is 0 Å². The molecule has 9 heteroatoms. The van der Waals surface area contributed by atoms with Gasteiger partial charge < -0.3 is 15.1 Å². The Balaban J connectivity index is 0.00000169. The van der Waals surface area contributed by atoms with Crippen molar-refractivity contribution in [2.24, 2.45) is 13.0 Å². The molecule has 1 aromatic rings. The Morgan fingerprint density at radius 1 is 1.27 bits per heavy atom. The Morgan fingerprint density at radius 3 is 2.62 bits per heavy atom. The summed E-state index contributed by atoms with van der Waals surface area (Å²) in [6.45, 7) is 1.56. The van der Waals surface area contributed by atoms with Crippen molar-refractivity contribution in [3.63, 3.8) is 0 Å². The van der Waals surface area contributed by atoms with Crippen molar-refractivity contribution < 1.29 is 9.59 Å². The van der Waals surface area contributed by atoms with Crippen LogP contribution in [0.3, 0.4) is 0 Å². The number of aryl methyl sites for hydroxylation is 1. The van der Waals surface area contributed by atoms with Crippen LogP contribution in [0.4, 0.5) is 0 Å². The topological polar surface area (TPSA) is 70.5 Å². The van der Waals surface area contributed by atoms with Gasteiger partial charge in [0.05, 0.1) is 18.2 Å². The predicted octanol–water partition coefficient (Wildman–Crippen LogP) is 1.38. The van der Waals surface area contributed by atoms with Crippen LogP contribution in [-0.2, 0) is 16.6 Å². The Kier molecular flexibility index (Phi) is 8.37. The maximum absolute atomic E-state index is 13.2. The number of nitrogens with one attached hydrogen (secondary N) is 1. The zero-order valence-corrected chi connectivity index (χ0v) is 17.2. The molecule has 0 aromatic carbocycles. The van der Waals surface area contributed by atoms with Crippen molar-refractivity contribution in [1.29, 1.82) is 0 Å². The summed E-state index contributed by atoms with van der Waals surface area (Å²) in [4.78, 5) is 29.1. The molecule has 0 radical (unpaired) electrons. The average molecular weight is 406 g/mol. The third-order valence-electron chi connectivity index (χ3n) is 5.39. The molecular formula is C17H29Cl2N5O2. The Bertz CT molecular complexity index is 624. The smallest absolute Gasteiger partial charge is 0.228 e. The summed E-state index contributed by atoms with van der Waals surface area (Å²) in [6.07, 6.45) is 6.86. The van der Waals surface area contributed by atoms with E-state index in [2.05, 4.69) is 10.4 Å². The van der Waals surface area contributed by atoms with Gasteiger partial charge in [0.1, 0.15) is 0 Å². The van der Waals surface area contributed by atoms with Crippen molar-refractivity contribution in [3.05, 3.63) is 18.0 Å². The summed E-state index contributed by atoms with van der Waals surface area (Å²) < 4.78 is 1.72. The molecule has 3 unspecified atom stereocenters. The van der Waals surface area contributed by atoms with Crippen LogP contribution < -0.4 is 5.32 Å². The maximum atomic E-state index is 13.2. The third-order valence-corrected chi connectivity index (χ3v) is 5.39. The number of piperidine rings is 2. The molecule has 7 nitrogen and oxygen atoms in total. The molecule has 2 saturated heterocycles. The second-order valence-electron chi connectivity index (χ2n) is 6.95. The van der Waals surface area contributed by atoms with Crippen LogP contribution in [0.2, 0.25) is 0 Å². The van der Waals surface area contributed by atoms with E-state index in [1.807, 2.05) is 25.2 Å². The number of likely N-dealkylation sites (tertiary alicyclic amines) is 2. The molecule has 1 aromatic heterocycles. The van der Waals surface area contributed by atoms with Gasteiger partial charge in [0, 0.05) is 51.4 Å². The highest BCUT2D eigenvalue weighted by molar-refractivity contribution is 5.86. The van der Waals surface area contributed by atoms with Gasteiger partial charge in [-0.25, -0.2) is 0 Å². The van der Waals surface area contributed by atoms with E-state index >= 15 is 0 Å². The van der Waals surface area contributed by atoms with E-state index in [4.69, 9.17) is 0 Å². The number of carbonyl (C=O) groups excluding carboxylic acids is 2. The van der Waals surface area contributed by atoms with Crippen LogP contribution in [0, 0.1) is 5.92 Å². The minimum Gasteiger partial charge on any atom is -0.341 e. The second kappa shape index (κ2) is 9.58. The Labute approximate surface area is 167 Å². The summed E-state index contributed by atoms with van der Waals surface area (Å²) in [5, 5.41) is 7.51. The molecule has 0 bridgehead atoms. The van der Waals surface area contributed by atoms with Crippen molar-refractivity contribution in [3.8, 4) is 0 Å². The number of hydrogen-bond acceptors (Lipinski definition) is 4. The van der Waals surface area contributed by atoms with Gasteiger partial charge in [-0.3, -0.25) is 14.3 Å². The molecular weight excluding hydrogens is 377 g/mol. The van der Waals surface area contributed by atoms with E-state index in [-0.39, 0.29) is 48.6 Å². The highest BCUT2D eigenvalue weighted by Gasteiger charge is 2.41. The zero-order valence-electron chi connectivity index (χ0n) is 15.6. The van der Waals surface area contributed by atoms with E-state index in [1.165, 1.54) is 0 Å². The summed E-state index contributed by atoms with van der Waals surface area (Å²) in [5.74, 6) is 0.0790. The summed E-state index contributed by atoms with van der Waals surface area (Å²) >= 11 is 0. The van der Waals surface area contributed by atoms with Crippen LogP contribution >= 0.6 is 24.8 Å². The highest BCUT2D eigenvalue weighted by atomic mass is 35.5. The van der Waals surface area contributed by atoms with Crippen LogP contribution in [0.15, 0.2) is 12.4 Å². The van der Waals surface area contributed by atoms with Crippen molar-refractivity contribution in [1.82, 2.24) is 24.9 Å². The minimum absolute atomic E-state index is 0. The largest absolute Gasteiger partial charge is 0.341 e. The Hall–Kier alpha value is -1.31. The lowest BCUT2D eigenvalue weighted by Crippen LogP contribution is -2.52. The lowest BCUT2D eigenvalue weighted by atomic mass is 9.84. The molecule has 148 valence electrons. The fourth-order valence-corrected chi connectivity index (χ4v) is 3.99. The van der Waals surface area contributed by atoms with Gasteiger partial charge in [-0.05, 0) is 26.3 Å². The van der Waals surface area contributed by atoms with Gasteiger partial charge in [0.2, 0.25) is 11.8 Å². The lowest BCUT2D eigenvalue weighted by Gasteiger charge is -2.41. The van der Waals surface area contributed by atoms with Crippen LogP contribution in [0.5, 0.6) is 0 Å². The monoisotopic (exact) mass is 405 g/mol. The molecule has 2 aliphatic heterocycles. The maximum Gasteiger partial charge on any atom is 0.228 e. The third kappa shape index (κ3) is 4.50. The lowest BCUT2D eigenvalue weighted by molar-refractivity contribution is -0.147. The zero-order chi connectivity index (χ0) is 17.3. The first-order valence-electron chi connectivity index (χ1n) is 8.71. The van der Waals surface area contributed by atoms with E-state index in [0.717, 1.165) is 31.5 Å². The second-order valence-corrected chi connectivity index (χ2v) is 6.95. The van der Waals surface area contributed by atoms with Crippen LogP contribution in [0.25, 0.3) is 0 Å². The average Bonchev–Trinajstić information content (AvgIpc) is 3.02. The number of likely N-dealkylation sites (N-methyl/N-ethyl adjacent to an activating group) is 1.